The number of halogens is 1. The van der Waals surface area contributed by atoms with Crippen molar-refractivity contribution in [1.29, 1.82) is 0 Å². The number of hydrogen-bond donors (Lipinski definition) is 1. The Labute approximate surface area is 207 Å². The van der Waals surface area contributed by atoms with Crippen LogP contribution in [0.2, 0.25) is 5.02 Å². The molecule has 3 rings (SSSR count). The van der Waals surface area contributed by atoms with Crippen LogP contribution in [-0.4, -0.2) is 29.3 Å². The molecule has 0 fully saturated rings. The van der Waals surface area contributed by atoms with Crippen molar-refractivity contribution in [1.82, 2.24) is 10.2 Å². The molecule has 0 aliphatic heterocycles. The number of rotatable bonds is 10. The Morgan fingerprint density at radius 2 is 1.53 bits per heavy atom. The molecule has 0 saturated carbocycles. The van der Waals surface area contributed by atoms with Gasteiger partial charge in [0.1, 0.15) is 6.04 Å². The molecule has 5 heteroatoms. The van der Waals surface area contributed by atoms with Crippen LogP contribution in [0.5, 0.6) is 0 Å². The molecule has 0 saturated heterocycles. The number of carbonyl (C=O) groups is 2. The molecule has 1 atom stereocenters. The number of hydrogen-bond acceptors (Lipinski definition) is 2. The van der Waals surface area contributed by atoms with E-state index in [0.717, 1.165) is 22.3 Å². The molecule has 0 spiro atoms. The molecule has 34 heavy (non-hydrogen) atoms. The second-order valence-electron chi connectivity index (χ2n) is 9.12. The number of amides is 2. The van der Waals surface area contributed by atoms with Gasteiger partial charge in [-0.15, -0.1) is 0 Å². The van der Waals surface area contributed by atoms with Gasteiger partial charge in [0, 0.05) is 24.5 Å². The molecule has 0 bridgehead atoms. The molecule has 4 nitrogen and oxygen atoms in total. The third kappa shape index (κ3) is 7.46. The van der Waals surface area contributed by atoms with E-state index in [0.29, 0.717) is 30.5 Å². The zero-order valence-electron chi connectivity index (χ0n) is 20.1. The van der Waals surface area contributed by atoms with E-state index in [2.05, 4.69) is 19.2 Å². The summed E-state index contributed by atoms with van der Waals surface area (Å²) in [5, 5.41) is 3.60. The van der Waals surface area contributed by atoms with Crippen LogP contribution in [0, 0.1) is 12.8 Å². The molecular weight excluding hydrogens is 444 g/mol. The summed E-state index contributed by atoms with van der Waals surface area (Å²) >= 11 is 6.36. The van der Waals surface area contributed by atoms with Gasteiger partial charge in [-0.05, 0) is 35.6 Å². The molecule has 178 valence electrons. The number of nitrogens with one attached hydrogen (secondary N) is 1. The Bertz CT molecular complexity index is 1080. The van der Waals surface area contributed by atoms with Gasteiger partial charge in [0.2, 0.25) is 11.8 Å². The summed E-state index contributed by atoms with van der Waals surface area (Å²) in [6, 6.07) is 24.6. The van der Waals surface area contributed by atoms with Crippen LogP contribution in [0.15, 0.2) is 78.9 Å². The number of benzene rings is 3. The molecule has 3 aromatic rings. The average Bonchev–Trinajstić information content (AvgIpc) is 2.83. The van der Waals surface area contributed by atoms with Crippen LogP contribution >= 0.6 is 11.6 Å². The Morgan fingerprint density at radius 3 is 2.18 bits per heavy atom. The van der Waals surface area contributed by atoms with E-state index in [4.69, 9.17) is 11.6 Å². The highest BCUT2D eigenvalue weighted by Gasteiger charge is 2.30. The molecule has 1 unspecified atom stereocenters. The van der Waals surface area contributed by atoms with Crippen LogP contribution in [-0.2, 0) is 29.0 Å². The predicted octanol–water partition coefficient (Wildman–Crippen LogP) is 5.60. The minimum Gasteiger partial charge on any atom is -0.354 e. The normalized spacial score (nSPS) is 11.8. The molecule has 1 N–H and O–H groups in total. The third-order valence-corrected chi connectivity index (χ3v) is 6.10. The highest BCUT2D eigenvalue weighted by atomic mass is 35.5. The second-order valence-corrected chi connectivity index (χ2v) is 9.53. The van der Waals surface area contributed by atoms with E-state index in [1.54, 1.807) is 11.0 Å². The predicted molar refractivity (Wildman–Crippen MR) is 139 cm³/mol. The van der Waals surface area contributed by atoms with Crippen LogP contribution in [0.3, 0.4) is 0 Å². The van der Waals surface area contributed by atoms with Crippen molar-refractivity contribution in [2.24, 2.45) is 5.92 Å². The second kappa shape index (κ2) is 12.4. The first-order valence-corrected chi connectivity index (χ1v) is 12.1. The van der Waals surface area contributed by atoms with Gasteiger partial charge in [0.15, 0.2) is 0 Å². The summed E-state index contributed by atoms with van der Waals surface area (Å²) in [5.41, 5.74) is 3.89. The van der Waals surface area contributed by atoms with Crippen molar-refractivity contribution in [2.45, 2.75) is 46.2 Å². The molecule has 3 aromatic carbocycles. The van der Waals surface area contributed by atoms with Gasteiger partial charge in [-0.25, -0.2) is 0 Å². The summed E-state index contributed by atoms with van der Waals surface area (Å²) in [4.78, 5) is 28.8. The first kappa shape index (κ1) is 25.5. The maximum absolute atomic E-state index is 13.7. The average molecular weight is 477 g/mol. The summed E-state index contributed by atoms with van der Waals surface area (Å²) in [5.74, 6) is 0.0391. The lowest BCUT2D eigenvalue weighted by Gasteiger charge is -2.32. The van der Waals surface area contributed by atoms with Crippen molar-refractivity contribution >= 4 is 23.4 Å². The largest absolute Gasteiger partial charge is 0.354 e. The van der Waals surface area contributed by atoms with E-state index in [9.17, 15) is 9.59 Å². The number of carbonyl (C=O) groups excluding carboxylic acids is 2. The van der Waals surface area contributed by atoms with Gasteiger partial charge in [0.25, 0.3) is 0 Å². The van der Waals surface area contributed by atoms with Crippen molar-refractivity contribution in [3.8, 4) is 0 Å². The van der Waals surface area contributed by atoms with Crippen LogP contribution in [0.25, 0.3) is 0 Å². The zero-order chi connectivity index (χ0) is 24.5. The minimum absolute atomic E-state index is 0.130. The maximum atomic E-state index is 13.7. The summed E-state index contributed by atoms with van der Waals surface area (Å²) in [7, 11) is 0. The SMILES string of the molecule is Cc1ccc(CN(C(=O)Cc2ccccc2Cl)C(Cc2ccccc2)C(=O)NCC(C)C)cc1. The fraction of sp³-hybridized carbons (Fsp3) is 0.310. The quantitative estimate of drug-likeness (QED) is 0.414. The molecule has 0 aliphatic rings. The van der Waals surface area contributed by atoms with Crippen LogP contribution in [0.1, 0.15) is 36.1 Å². The molecule has 0 radical (unpaired) electrons. The van der Waals surface area contributed by atoms with E-state index in [1.165, 1.54) is 0 Å². The lowest BCUT2D eigenvalue weighted by Crippen LogP contribution is -2.51. The van der Waals surface area contributed by atoms with E-state index in [-0.39, 0.29) is 18.2 Å². The third-order valence-electron chi connectivity index (χ3n) is 5.73. The van der Waals surface area contributed by atoms with Crippen LogP contribution in [0.4, 0.5) is 0 Å². The molecule has 0 heterocycles. The van der Waals surface area contributed by atoms with Crippen molar-refractivity contribution < 1.29 is 9.59 Å². The topological polar surface area (TPSA) is 49.4 Å². The van der Waals surface area contributed by atoms with E-state index >= 15 is 0 Å². The number of nitrogens with zero attached hydrogens (tertiary/aromatic N) is 1. The molecule has 0 aromatic heterocycles. The van der Waals surface area contributed by atoms with Gasteiger partial charge >= 0.3 is 0 Å². The standard InChI is InChI=1S/C29H33ClN2O2/c1-21(2)19-31-29(34)27(17-23-9-5-4-6-10-23)32(20-24-15-13-22(3)14-16-24)28(33)18-25-11-7-8-12-26(25)30/h4-16,21,27H,17-20H2,1-3H3,(H,31,34). The van der Waals surface area contributed by atoms with Gasteiger partial charge < -0.3 is 10.2 Å². The van der Waals surface area contributed by atoms with Crippen molar-refractivity contribution in [3.05, 3.63) is 106 Å². The fourth-order valence-corrected chi connectivity index (χ4v) is 3.98. The molecular formula is C29H33ClN2O2. The highest BCUT2D eigenvalue weighted by Crippen LogP contribution is 2.20. The van der Waals surface area contributed by atoms with Crippen molar-refractivity contribution in [3.63, 3.8) is 0 Å². The fourth-order valence-electron chi connectivity index (χ4n) is 3.77. The van der Waals surface area contributed by atoms with E-state index < -0.39 is 6.04 Å². The Kier molecular flexibility index (Phi) is 9.29. The van der Waals surface area contributed by atoms with Gasteiger partial charge in [-0.1, -0.05) is 104 Å². The van der Waals surface area contributed by atoms with Crippen molar-refractivity contribution in [2.75, 3.05) is 6.54 Å². The molecule has 2 amide bonds. The number of aryl methyl sites for hydroxylation is 1. The lowest BCUT2D eigenvalue weighted by molar-refractivity contribution is -0.140. The Morgan fingerprint density at radius 1 is 0.882 bits per heavy atom. The van der Waals surface area contributed by atoms with Gasteiger partial charge in [0.05, 0.1) is 6.42 Å². The smallest absolute Gasteiger partial charge is 0.243 e. The minimum atomic E-state index is -0.641. The van der Waals surface area contributed by atoms with Crippen LogP contribution < -0.4 is 5.32 Å². The summed E-state index contributed by atoms with van der Waals surface area (Å²) in [6.07, 6.45) is 0.569. The maximum Gasteiger partial charge on any atom is 0.243 e. The van der Waals surface area contributed by atoms with Gasteiger partial charge in [-0.3, -0.25) is 9.59 Å². The monoisotopic (exact) mass is 476 g/mol. The van der Waals surface area contributed by atoms with E-state index in [1.807, 2.05) is 79.7 Å². The van der Waals surface area contributed by atoms with Gasteiger partial charge in [-0.2, -0.15) is 0 Å². The highest BCUT2D eigenvalue weighted by molar-refractivity contribution is 6.31. The Hall–Kier alpha value is -3.11. The first-order valence-electron chi connectivity index (χ1n) is 11.7. The zero-order valence-corrected chi connectivity index (χ0v) is 20.9. The summed E-state index contributed by atoms with van der Waals surface area (Å²) < 4.78 is 0. The first-order chi connectivity index (χ1) is 16.3. The summed E-state index contributed by atoms with van der Waals surface area (Å²) in [6.45, 7) is 7.04. The molecule has 0 aliphatic carbocycles. The lowest BCUT2D eigenvalue weighted by atomic mass is 10.0. The Balaban J connectivity index is 1.96.